The van der Waals surface area contributed by atoms with Crippen LogP contribution in [0.2, 0.25) is 0 Å². The van der Waals surface area contributed by atoms with Gasteiger partial charge in [0.2, 0.25) is 26.0 Å². The van der Waals surface area contributed by atoms with Gasteiger partial charge in [-0.1, -0.05) is 0 Å². The maximum atomic E-state index is 12.2. The predicted octanol–water partition coefficient (Wildman–Crippen LogP) is 1.18. The molecule has 31 heavy (non-hydrogen) atoms. The molecule has 2 N–H and O–H groups in total. The van der Waals surface area contributed by atoms with Crippen molar-refractivity contribution in [3.63, 3.8) is 0 Å². The fraction of sp³-hybridized carbons (Fsp3) is 0.588. The van der Waals surface area contributed by atoms with E-state index in [1.807, 2.05) is 0 Å². The molecule has 0 atom stereocenters. The lowest BCUT2D eigenvalue weighted by Gasteiger charge is -2.31. The molecule has 0 aromatic heterocycles. The maximum absolute atomic E-state index is 12.2. The first-order chi connectivity index (χ1) is 14.3. The summed E-state index contributed by atoms with van der Waals surface area (Å²) < 4.78 is 91.8. The first kappa shape index (κ1) is 25.4. The van der Waals surface area contributed by atoms with Crippen molar-refractivity contribution in [2.24, 2.45) is 0 Å². The quantitative estimate of drug-likeness (QED) is 0.540. The number of halogens is 3. The number of amides is 1. The molecule has 1 aromatic rings. The summed E-state index contributed by atoms with van der Waals surface area (Å²) in [6.45, 7) is 1.97. The molecule has 1 amide bonds. The van der Waals surface area contributed by atoms with Crippen molar-refractivity contribution in [3.8, 4) is 5.75 Å². The Labute approximate surface area is 179 Å². The van der Waals surface area contributed by atoms with Gasteiger partial charge in [0, 0.05) is 32.1 Å². The number of alkyl halides is 3. The molecule has 0 saturated carbocycles. The zero-order valence-corrected chi connectivity index (χ0v) is 18.3. The Kier molecular flexibility index (Phi) is 8.30. The highest BCUT2D eigenvalue weighted by Crippen LogP contribution is 2.23. The predicted molar refractivity (Wildman–Crippen MR) is 105 cm³/mol. The Morgan fingerprint density at radius 2 is 1.71 bits per heavy atom. The number of carbonyl (C=O) groups excluding carboxylic acids is 1. The molecule has 0 unspecified atom stereocenters. The molecule has 1 fully saturated rings. The molecule has 14 heteroatoms. The lowest BCUT2D eigenvalue weighted by atomic mass is 10.1. The van der Waals surface area contributed by atoms with Crippen molar-refractivity contribution >= 4 is 26.0 Å². The Bertz CT molecular complexity index is 958. The fourth-order valence-corrected chi connectivity index (χ4v) is 5.13. The van der Waals surface area contributed by atoms with E-state index in [1.54, 1.807) is 6.92 Å². The molecule has 1 aromatic carbocycles. The average Bonchev–Trinajstić information content (AvgIpc) is 2.67. The van der Waals surface area contributed by atoms with Gasteiger partial charge in [0.15, 0.2) is 0 Å². The molecule has 9 nitrogen and oxygen atoms in total. The Morgan fingerprint density at radius 1 is 1.13 bits per heavy atom. The van der Waals surface area contributed by atoms with E-state index in [9.17, 15) is 34.8 Å². The normalized spacial score (nSPS) is 16.8. The minimum absolute atomic E-state index is 0.0161. The number of carbonyl (C=O) groups is 1. The number of sulfonamides is 2. The second-order valence-corrected chi connectivity index (χ2v) is 10.8. The first-order valence-electron chi connectivity index (χ1n) is 9.45. The zero-order chi connectivity index (χ0) is 23.3. The monoisotopic (exact) mass is 487 g/mol. The molecule has 1 aliphatic heterocycles. The molecule has 176 valence electrons. The van der Waals surface area contributed by atoms with Crippen molar-refractivity contribution in [2.45, 2.75) is 43.5 Å². The molecule has 0 spiro atoms. The molecule has 0 aliphatic carbocycles. The van der Waals surface area contributed by atoms with Gasteiger partial charge in [-0.25, -0.2) is 25.9 Å². The van der Waals surface area contributed by atoms with Crippen molar-refractivity contribution in [1.82, 2.24) is 14.3 Å². The van der Waals surface area contributed by atoms with Crippen molar-refractivity contribution in [1.29, 1.82) is 0 Å². The van der Waals surface area contributed by atoms with Crippen LogP contribution in [-0.2, 0) is 24.8 Å². The van der Waals surface area contributed by atoms with Gasteiger partial charge in [0.25, 0.3) is 0 Å². The van der Waals surface area contributed by atoms with E-state index in [2.05, 4.69) is 14.8 Å². The molecule has 0 radical (unpaired) electrons. The van der Waals surface area contributed by atoms with E-state index in [0.717, 1.165) is 24.3 Å². The second kappa shape index (κ2) is 10.1. The highest BCUT2D eigenvalue weighted by Gasteiger charge is 2.31. The van der Waals surface area contributed by atoms with Crippen LogP contribution < -0.4 is 14.8 Å². The summed E-state index contributed by atoms with van der Waals surface area (Å²) >= 11 is 0. The van der Waals surface area contributed by atoms with Crippen LogP contribution in [0.3, 0.4) is 0 Å². The third-order valence-corrected chi connectivity index (χ3v) is 7.95. The van der Waals surface area contributed by atoms with Gasteiger partial charge in [-0.3, -0.25) is 4.79 Å². The van der Waals surface area contributed by atoms with Crippen LogP contribution in [0.5, 0.6) is 5.75 Å². The number of hydrogen-bond donors (Lipinski definition) is 2. The third-order valence-electron chi connectivity index (χ3n) is 4.59. The molecule has 1 aliphatic rings. The topological polar surface area (TPSA) is 122 Å². The molecular weight excluding hydrogens is 463 g/mol. The van der Waals surface area contributed by atoms with Crippen LogP contribution in [0.15, 0.2) is 29.2 Å². The summed E-state index contributed by atoms with van der Waals surface area (Å²) in [6, 6.07) is 3.47. The van der Waals surface area contributed by atoms with Gasteiger partial charge in [-0.15, -0.1) is 13.2 Å². The van der Waals surface area contributed by atoms with Gasteiger partial charge in [0.05, 0.1) is 10.6 Å². The van der Waals surface area contributed by atoms with Crippen LogP contribution >= 0.6 is 0 Å². The van der Waals surface area contributed by atoms with Crippen LogP contribution in [0, 0.1) is 0 Å². The van der Waals surface area contributed by atoms with Crippen molar-refractivity contribution < 1.29 is 39.5 Å². The third kappa shape index (κ3) is 7.94. The Balaban J connectivity index is 1.77. The first-order valence-corrected chi connectivity index (χ1v) is 12.5. The van der Waals surface area contributed by atoms with Crippen LogP contribution in [0.25, 0.3) is 0 Å². The Hall–Kier alpha value is -1.90. The number of nitrogens with one attached hydrogen (secondary N) is 2. The highest BCUT2D eigenvalue weighted by atomic mass is 32.2. The number of rotatable bonds is 9. The van der Waals surface area contributed by atoms with Crippen LogP contribution in [0.4, 0.5) is 13.2 Å². The standard InChI is InChI=1S/C17H24F3N3O6S2/c1-2-30(25,26)23-11-8-13(9-12-23)22-16(24)7-10-21-31(27,28)15-5-3-14(4-6-15)29-17(18,19)20/h3-6,13,21H,2,7-12H2,1H3,(H,22,24). The summed E-state index contributed by atoms with van der Waals surface area (Å²) in [4.78, 5) is 11.8. The molecule has 1 saturated heterocycles. The molecular formula is C17H24F3N3O6S2. The number of piperidine rings is 1. The average molecular weight is 488 g/mol. The molecule has 0 bridgehead atoms. The summed E-state index contributed by atoms with van der Waals surface area (Å²) in [7, 11) is -7.28. The molecule has 1 heterocycles. The van der Waals surface area contributed by atoms with Gasteiger partial charge in [-0.2, -0.15) is 0 Å². The van der Waals surface area contributed by atoms with Crippen LogP contribution in [-0.4, -0.2) is 64.8 Å². The lowest BCUT2D eigenvalue weighted by molar-refractivity contribution is -0.274. The lowest BCUT2D eigenvalue weighted by Crippen LogP contribution is -2.47. The Morgan fingerprint density at radius 3 is 2.23 bits per heavy atom. The van der Waals surface area contributed by atoms with Crippen LogP contribution in [0.1, 0.15) is 26.2 Å². The van der Waals surface area contributed by atoms with E-state index < -0.39 is 38.1 Å². The van der Waals surface area contributed by atoms with E-state index in [4.69, 9.17) is 0 Å². The smallest absolute Gasteiger partial charge is 0.406 e. The zero-order valence-electron chi connectivity index (χ0n) is 16.7. The van der Waals surface area contributed by atoms with Gasteiger partial charge < -0.3 is 10.1 Å². The van der Waals surface area contributed by atoms with E-state index in [1.165, 1.54) is 4.31 Å². The van der Waals surface area contributed by atoms with E-state index in [0.29, 0.717) is 25.9 Å². The molecule has 2 rings (SSSR count). The van der Waals surface area contributed by atoms with Crippen molar-refractivity contribution in [3.05, 3.63) is 24.3 Å². The SMILES string of the molecule is CCS(=O)(=O)N1CCC(NC(=O)CCNS(=O)(=O)c2ccc(OC(F)(F)F)cc2)CC1. The summed E-state index contributed by atoms with van der Waals surface area (Å²) in [6.07, 6.45) is -4.11. The number of ether oxygens (including phenoxy) is 1. The highest BCUT2D eigenvalue weighted by molar-refractivity contribution is 7.89. The van der Waals surface area contributed by atoms with Gasteiger partial charge in [-0.05, 0) is 44.0 Å². The largest absolute Gasteiger partial charge is 0.573 e. The number of nitrogens with zero attached hydrogens (tertiary/aromatic N) is 1. The minimum atomic E-state index is -4.88. The van der Waals surface area contributed by atoms with Gasteiger partial charge >= 0.3 is 6.36 Å². The van der Waals surface area contributed by atoms with E-state index >= 15 is 0 Å². The van der Waals surface area contributed by atoms with E-state index in [-0.39, 0.29) is 29.7 Å². The minimum Gasteiger partial charge on any atom is -0.406 e. The number of benzene rings is 1. The van der Waals surface area contributed by atoms with Crippen molar-refractivity contribution in [2.75, 3.05) is 25.4 Å². The maximum Gasteiger partial charge on any atom is 0.573 e. The second-order valence-electron chi connectivity index (χ2n) is 6.81. The van der Waals surface area contributed by atoms with Gasteiger partial charge in [0.1, 0.15) is 5.75 Å². The summed E-state index contributed by atoms with van der Waals surface area (Å²) in [5, 5.41) is 2.75. The summed E-state index contributed by atoms with van der Waals surface area (Å²) in [5.41, 5.74) is 0. The number of hydrogen-bond acceptors (Lipinski definition) is 6. The summed E-state index contributed by atoms with van der Waals surface area (Å²) in [5.74, 6) is -0.931. The fourth-order valence-electron chi connectivity index (χ4n) is 2.96.